The molecule has 27 heavy (non-hydrogen) atoms. The Balaban J connectivity index is 0.000000305. The maximum absolute atomic E-state index is 11.1. The summed E-state index contributed by atoms with van der Waals surface area (Å²) in [5.74, 6) is 0.290. The fraction of sp³-hybridized carbons (Fsp3) is 0.263. The second kappa shape index (κ2) is 10.5. The van der Waals surface area contributed by atoms with E-state index in [1.807, 2.05) is 31.4 Å². The molecule has 0 spiro atoms. The van der Waals surface area contributed by atoms with Gasteiger partial charge in [0.05, 0.1) is 11.0 Å². The van der Waals surface area contributed by atoms with Gasteiger partial charge in [-0.3, -0.25) is 14.7 Å². The molecule has 1 amide bonds. The number of fused-ring (bicyclic) bond motifs is 1. The van der Waals surface area contributed by atoms with Crippen molar-refractivity contribution in [2.45, 2.75) is 27.3 Å². The SMILES string of the molecule is C=CCn1c(NC)nc2cc(C(N)=O)ccc21.CC.Cc1cc(C=O)n[nH]1. The van der Waals surface area contributed by atoms with Crippen LogP contribution >= 0.6 is 0 Å². The van der Waals surface area contributed by atoms with Crippen LogP contribution in [0.4, 0.5) is 5.95 Å². The Labute approximate surface area is 158 Å². The smallest absolute Gasteiger partial charge is 0.248 e. The Morgan fingerprint density at radius 2 is 2.07 bits per heavy atom. The summed E-state index contributed by atoms with van der Waals surface area (Å²) in [6, 6.07) is 6.92. The Morgan fingerprint density at radius 1 is 1.37 bits per heavy atom. The van der Waals surface area contributed by atoms with E-state index >= 15 is 0 Å². The zero-order chi connectivity index (χ0) is 20.4. The number of hydrogen-bond donors (Lipinski definition) is 3. The van der Waals surface area contributed by atoms with E-state index in [4.69, 9.17) is 5.73 Å². The topological polar surface area (TPSA) is 119 Å². The van der Waals surface area contributed by atoms with E-state index in [1.165, 1.54) is 0 Å². The third-order valence-corrected chi connectivity index (χ3v) is 3.41. The number of aromatic nitrogens is 4. The molecule has 0 aliphatic rings. The summed E-state index contributed by atoms with van der Waals surface area (Å²) < 4.78 is 1.98. The summed E-state index contributed by atoms with van der Waals surface area (Å²) in [7, 11) is 1.80. The molecular formula is C19H26N6O2. The van der Waals surface area contributed by atoms with Gasteiger partial charge in [0.15, 0.2) is 6.29 Å². The molecule has 0 bridgehead atoms. The van der Waals surface area contributed by atoms with Crippen molar-refractivity contribution in [1.29, 1.82) is 0 Å². The van der Waals surface area contributed by atoms with Gasteiger partial charge >= 0.3 is 0 Å². The van der Waals surface area contributed by atoms with Crippen LogP contribution in [0.3, 0.4) is 0 Å². The van der Waals surface area contributed by atoms with Gasteiger partial charge in [-0.25, -0.2) is 4.98 Å². The normalized spacial score (nSPS) is 9.48. The monoisotopic (exact) mass is 370 g/mol. The van der Waals surface area contributed by atoms with Crippen molar-refractivity contribution in [2.75, 3.05) is 12.4 Å². The first kappa shape index (κ1) is 21.6. The van der Waals surface area contributed by atoms with Gasteiger partial charge in [0.25, 0.3) is 0 Å². The number of amides is 1. The van der Waals surface area contributed by atoms with E-state index in [0.717, 1.165) is 22.7 Å². The Morgan fingerprint density at radius 3 is 2.52 bits per heavy atom. The van der Waals surface area contributed by atoms with Gasteiger partial charge in [0, 0.05) is 24.8 Å². The molecule has 1 aromatic carbocycles. The van der Waals surface area contributed by atoms with Gasteiger partial charge in [-0.1, -0.05) is 19.9 Å². The Kier molecular flexibility index (Phi) is 8.44. The van der Waals surface area contributed by atoms with Crippen LogP contribution in [0.1, 0.15) is 40.4 Å². The first-order chi connectivity index (χ1) is 13.0. The molecule has 0 aliphatic carbocycles. The number of allylic oxidation sites excluding steroid dienone is 1. The Hall–Kier alpha value is -3.42. The van der Waals surface area contributed by atoms with Crippen molar-refractivity contribution in [3.8, 4) is 0 Å². The molecule has 4 N–H and O–H groups in total. The van der Waals surface area contributed by atoms with Gasteiger partial charge < -0.3 is 15.6 Å². The van der Waals surface area contributed by atoms with Gasteiger partial charge in [-0.2, -0.15) is 5.10 Å². The highest BCUT2D eigenvalue weighted by Gasteiger charge is 2.10. The number of nitrogens with zero attached hydrogens (tertiary/aromatic N) is 3. The van der Waals surface area contributed by atoms with Crippen LogP contribution in [0.5, 0.6) is 0 Å². The zero-order valence-corrected chi connectivity index (χ0v) is 16.1. The standard InChI is InChI=1S/C12H14N4O.C5H6N2O.C2H6/c1-3-6-16-10-5-4-8(11(13)17)7-9(10)15-12(16)14-2;1-4-2-5(3-8)7-6-4;1-2/h3-5,7H,1,6H2,2H3,(H2,13,17)(H,14,15);2-3H,1H3,(H,6,7);1-2H3. The highest BCUT2D eigenvalue weighted by Crippen LogP contribution is 2.20. The molecule has 0 saturated carbocycles. The number of imidazole rings is 1. The number of benzene rings is 1. The van der Waals surface area contributed by atoms with Gasteiger partial charge in [0.1, 0.15) is 5.69 Å². The maximum Gasteiger partial charge on any atom is 0.248 e. The van der Waals surface area contributed by atoms with E-state index in [1.54, 1.807) is 31.3 Å². The molecule has 0 atom stereocenters. The second-order valence-corrected chi connectivity index (χ2v) is 5.25. The third-order valence-electron chi connectivity index (χ3n) is 3.41. The minimum absolute atomic E-state index is 0.448. The maximum atomic E-state index is 11.1. The number of rotatable bonds is 5. The first-order valence-corrected chi connectivity index (χ1v) is 8.56. The number of aromatic amines is 1. The average Bonchev–Trinajstić information content (AvgIpc) is 3.27. The molecule has 0 saturated heterocycles. The number of carbonyl (C=O) groups excluding carboxylic acids is 2. The molecule has 2 heterocycles. The van der Waals surface area contributed by atoms with Crippen molar-refractivity contribution in [1.82, 2.24) is 19.7 Å². The molecule has 2 aromatic heterocycles. The number of carbonyl (C=O) groups is 2. The number of nitrogens with two attached hydrogens (primary N) is 1. The lowest BCUT2D eigenvalue weighted by atomic mass is 10.2. The second-order valence-electron chi connectivity index (χ2n) is 5.25. The number of hydrogen-bond acceptors (Lipinski definition) is 5. The fourth-order valence-electron chi connectivity index (χ4n) is 2.29. The number of aldehydes is 1. The van der Waals surface area contributed by atoms with Crippen LogP contribution in [0.2, 0.25) is 0 Å². The molecule has 3 aromatic rings. The molecule has 0 aliphatic heterocycles. The lowest BCUT2D eigenvalue weighted by molar-refractivity contribution is 0.1000. The van der Waals surface area contributed by atoms with Crippen LogP contribution in [-0.2, 0) is 6.54 Å². The highest BCUT2D eigenvalue weighted by molar-refractivity contribution is 5.96. The van der Waals surface area contributed by atoms with Crippen molar-refractivity contribution < 1.29 is 9.59 Å². The predicted octanol–water partition coefficient (Wildman–Crippen LogP) is 2.92. The van der Waals surface area contributed by atoms with E-state index in [9.17, 15) is 9.59 Å². The van der Waals surface area contributed by atoms with Crippen LogP contribution in [0.25, 0.3) is 11.0 Å². The molecule has 3 rings (SSSR count). The minimum atomic E-state index is -0.448. The van der Waals surface area contributed by atoms with Crippen LogP contribution in [-0.4, -0.2) is 39.0 Å². The van der Waals surface area contributed by atoms with E-state index in [-0.39, 0.29) is 0 Å². The molecule has 0 unspecified atom stereocenters. The Bertz CT molecular complexity index is 910. The number of primary amides is 1. The number of H-pyrrole nitrogens is 1. The molecule has 8 heteroatoms. The summed E-state index contributed by atoms with van der Waals surface area (Å²) >= 11 is 0. The van der Waals surface area contributed by atoms with Gasteiger partial charge in [-0.05, 0) is 31.2 Å². The summed E-state index contributed by atoms with van der Waals surface area (Å²) in [5.41, 5.74) is 8.75. The van der Waals surface area contributed by atoms with Crippen molar-refractivity contribution in [3.63, 3.8) is 0 Å². The number of nitrogens with one attached hydrogen (secondary N) is 2. The van der Waals surface area contributed by atoms with Gasteiger partial charge in [-0.15, -0.1) is 6.58 Å². The third kappa shape index (κ3) is 5.53. The quantitative estimate of drug-likeness (QED) is 0.471. The molecule has 0 radical (unpaired) electrons. The average molecular weight is 370 g/mol. The zero-order valence-electron chi connectivity index (χ0n) is 16.1. The molecular weight excluding hydrogens is 344 g/mol. The number of anilines is 1. The molecule has 0 fully saturated rings. The van der Waals surface area contributed by atoms with Crippen molar-refractivity contribution in [3.05, 3.63) is 53.9 Å². The predicted molar refractivity (Wildman–Crippen MR) is 108 cm³/mol. The fourth-order valence-corrected chi connectivity index (χ4v) is 2.29. The van der Waals surface area contributed by atoms with Crippen molar-refractivity contribution in [2.24, 2.45) is 5.73 Å². The summed E-state index contributed by atoms with van der Waals surface area (Å²) in [6.07, 6.45) is 2.51. The van der Waals surface area contributed by atoms with E-state index in [0.29, 0.717) is 24.1 Å². The van der Waals surface area contributed by atoms with Crippen LogP contribution < -0.4 is 11.1 Å². The summed E-state index contributed by atoms with van der Waals surface area (Å²) in [4.78, 5) is 25.4. The summed E-state index contributed by atoms with van der Waals surface area (Å²) in [5, 5.41) is 9.29. The molecule has 8 nitrogen and oxygen atoms in total. The van der Waals surface area contributed by atoms with Crippen molar-refractivity contribution >= 4 is 29.2 Å². The van der Waals surface area contributed by atoms with E-state index < -0.39 is 5.91 Å². The lowest BCUT2D eigenvalue weighted by Crippen LogP contribution is -2.10. The highest BCUT2D eigenvalue weighted by atomic mass is 16.1. The largest absolute Gasteiger partial charge is 0.366 e. The number of aryl methyl sites for hydroxylation is 1. The van der Waals surface area contributed by atoms with Crippen LogP contribution in [0.15, 0.2) is 36.9 Å². The minimum Gasteiger partial charge on any atom is -0.366 e. The summed E-state index contributed by atoms with van der Waals surface area (Å²) in [6.45, 7) is 10.2. The molecule has 144 valence electrons. The van der Waals surface area contributed by atoms with Gasteiger partial charge in [0.2, 0.25) is 11.9 Å². The first-order valence-electron chi connectivity index (χ1n) is 8.56. The van der Waals surface area contributed by atoms with Crippen LogP contribution in [0, 0.1) is 6.92 Å². The lowest BCUT2D eigenvalue weighted by Gasteiger charge is -2.04. The van der Waals surface area contributed by atoms with E-state index in [2.05, 4.69) is 27.1 Å².